The zero-order chi connectivity index (χ0) is 27.0. The summed E-state index contributed by atoms with van der Waals surface area (Å²) < 4.78 is 17.9. The van der Waals surface area contributed by atoms with Crippen molar-refractivity contribution in [1.82, 2.24) is 5.43 Å². The number of esters is 1. The quantitative estimate of drug-likeness (QED) is 0.0717. The van der Waals surface area contributed by atoms with Gasteiger partial charge in [-0.3, -0.25) is 4.79 Å². The Bertz CT molecular complexity index is 1580. The van der Waals surface area contributed by atoms with Gasteiger partial charge in [-0.1, -0.05) is 78.3 Å². The number of hydrogen-bond acceptors (Lipinski definition) is 7. The van der Waals surface area contributed by atoms with E-state index in [1.807, 2.05) is 36.4 Å². The number of benzene rings is 4. The lowest BCUT2D eigenvalue weighted by Gasteiger charge is -2.18. The number of hydrogen-bond donors (Lipinski definition) is 1. The fourth-order valence-corrected chi connectivity index (χ4v) is 4.94. The molecule has 1 N–H and O–H groups in total. The first-order valence-electron chi connectivity index (χ1n) is 11.8. The van der Waals surface area contributed by atoms with E-state index in [4.69, 9.17) is 25.8 Å². The van der Waals surface area contributed by atoms with Crippen molar-refractivity contribution in [2.45, 2.75) is 6.29 Å². The first kappa shape index (κ1) is 26.0. The molecule has 1 aromatic heterocycles. The van der Waals surface area contributed by atoms with Gasteiger partial charge in [0.25, 0.3) is 0 Å². The topological polar surface area (TPSA) is 86.2 Å². The van der Waals surface area contributed by atoms with E-state index < -0.39 is 18.2 Å². The Kier molecular flexibility index (Phi) is 8.16. The third kappa shape index (κ3) is 6.62. The monoisotopic (exact) mass is 556 g/mol. The molecule has 0 aliphatic carbocycles. The predicted octanol–water partition coefficient (Wildman–Crippen LogP) is 6.71. The molecule has 0 fully saturated rings. The van der Waals surface area contributed by atoms with Gasteiger partial charge >= 0.3 is 18.2 Å². The van der Waals surface area contributed by atoms with Gasteiger partial charge in [0.05, 0.1) is 11.2 Å². The standard InChI is InChI=1S/C30H21ClN2O5S/c31-26-24-16-7-8-17-25(24)39-27(26)29(35)36-23-15-9-10-20(18-23)19-32-33-28(34)30(37-21-11-3-1-4-12-21)38-22-13-5-2-6-14-22/h1-19,30H,(H,33,34). The van der Waals surface area contributed by atoms with E-state index in [0.717, 1.165) is 10.1 Å². The third-order valence-electron chi connectivity index (χ3n) is 5.36. The van der Waals surface area contributed by atoms with Crippen molar-refractivity contribution < 1.29 is 23.8 Å². The van der Waals surface area contributed by atoms with E-state index in [1.165, 1.54) is 17.6 Å². The first-order valence-corrected chi connectivity index (χ1v) is 13.0. The average molecular weight is 557 g/mol. The summed E-state index contributed by atoms with van der Waals surface area (Å²) in [6, 6.07) is 31.9. The lowest BCUT2D eigenvalue weighted by molar-refractivity contribution is -0.140. The summed E-state index contributed by atoms with van der Waals surface area (Å²) in [5.41, 5.74) is 3.03. The Morgan fingerprint density at radius 3 is 2.08 bits per heavy atom. The number of ether oxygens (including phenoxy) is 3. The Morgan fingerprint density at radius 1 is 0.795 bits per heavy atom. The maximum absolute atomic E-state index is 12.9. The Morgan fingerprint density at radius 2 is 1.41 bits per heavy atom. The third-order valence-corrected chi connectivity index (χ3v) is 7.02. The van der Waals surface area contributed by atoms with Crippen LogP contribution in [0.3, 0.4) is 0 Å². The zero-order valence-corrected chi connectivity index (χ0v) is 21.9. The number of nitrogens with zero attached hydrogens (tertiary/aromatic N) is 1. The number of halogens is 1. The Balaban J connectivity index is 1.25. The minimum Gasteiger partial charge on any atom is -0.446 e. The van der Waals surface area contributed by atoms with Gasteiger partial charge in [-0.15, -0.1) is 11.3 Å². The second-order valence-electron chi connectivity index (χ2n) is 8.13. The van der Waals surface area contributed by atoms with Crippen LogP contribution in [0.25, 0.3) is 10.1 Å². The highest BCUT2D eigenvalue weighted by Crippen LogP contribution is 2.35. The van der Waals surface area contributed by atoms with Crippen LogP contribution in [0.15, 0.2) is 114 Å². The molecule has 1 heterocycles. The van der Waals surface area contributed by atoms with E-state index in [0.29, 0.717) is 32.7 Å². The van der Waals surface area contributed by atoms with Crippen molar-refractivity contribution in [3.8, 4) is 17.2 Å². The molecular formula is C30H21ClN2O5S. The summed E-state index contributed by atoms with van der Waals surface area (Å²) in [6.45, 7) is 0. The molecule has 0 spiro atoms. The summed E-state index contributed by atoms with van der Waals surface area (Å²) >= 11 is 7.68. The molecule has 7 nitrogen and oxygen atoms in total. The maximum Gasteiger partial charge on any atom is 0.355 e. The zero-order valence-electron chi connectivity index (χ0n) is 20.3. The van der Waals surface area contributed by atoms with E-state index in [9.17, 15) is 9.59 Å². The van der Waals surface area contributed by atoms with Gasteiger partial charge in [-0.2, -0.15) is 5.10 Å². The fraction of sp³-hybridized carbons (Fsp3) is 0.0333. The molecule has 0 saturated carbocycles. The highest BCUT2D eigenvalue weighted by Gasteiger charge is 2.23. The van der Waals surface area contributed by atoms with E-state index in [1.54, 1.807) is 72.8 Å². The number of amides is 1. The minimum atomic E-state index is -1.29. The lowest BCUT2D eigenvalue weighted by Crippen LogP contribution is -2.40. The van der Waals surface area contributed by atoms with Gasteiger partial charge in [-0.05, 0) is 48.0 Å². The fourth-order valence-electron chi connectivity index (χ4n) is 3.56. The normalized spacial score (nSPS) is 11.0. The molecule has 4 aromatic carbocycles. The van der Waals surface area contributed by atoms with Crippen LogP contribution < -0.4 is 19.6 Å². The average Bonchev–Trinajstić information content (AvgIpc) is 3.30. The highest BCUT2D eigenvalue weighted by molar-refractivity contribution is 7.21. The van der Waals surface area contributed by atoms with E-state index in [-0.39, 0.29) is 0 Å². The molecular weight excluding hydrogens is 536 g/mol. The van der Waals surface area contributed by atoms with Crippen LogP contribution in [0, 0.1) is 0 Å². The van der Waals surface area contributed by atoms with Crippen molar-refractivity contribution in [3.05, 3.63) is 125 Å². The summed E-state index contributed by atoms with van der Waals surface area (Å²) in [5.74, 6) is 0.0710. The molecule has 0 radical (unpaired) electrons. The summed E-state index contributed by atoms with van der Waals surface area (Å²) in [7, 11) is 0. The number of fused-ring (bicyclic) bond motifs is 1. The van der Waals surface area contributed by atoms with Crippen LogP contribution in [0.2, 0.25) is 5.02 Å². The van der Waals surface area contributed by atoms with Gasteiger partial charge < -0.3 is 14.2 Å². The van der Waals surface area contributed by atoms with E-state index >= 15 is 0 Å². The van der Waals surface area contributed by atoms with Gasteiger partial charge in [0, 0.05) is 10.1 Å². The van der Waals surface area contributed by atoms with Crippen molar-refractivity contribution in [1.29, 1.82) is 0 Å². The molecule has 0 atom stereocenters. The maximum atomic E-state index is 12.9. The van der Waals surface area contributed by atoms with Crippen LogP contribution in [-0.4, -0.2) is 24.4 Å². The van der Waals surface area contributed by atoms with Crippen LogP contribution in [0.4, 0.5) is 0 Å². The van der Waals surface area contributed by atoms with Gasteiger partial charge in [-0.25, -0.2) is 10.2 Å². The van der Waals surface area contributed by atoms with Crippen LogP contribution in [0.5, 0.6) is 17.2 Å². The smallest absolute Gasteiger partial charge is 0.355 e. The lowest BCUT2D eigenvalue weighted by atomic mass is 10.2. The number of carbonyl (C=O) groups is 2. The molecule has 194 valence electrons. The molecule has 0 saturated heterocycles. The van der Waals surface area contributed by atoms with Crippen molar-refractivity contribution >= 4 is 51.1 Å². The number of rotatable bonds is 9. The molecule has 5 aromatic rings. The van der Waals surface area contributed by atoms with Gasteiger partial charge in [0.1, 0.15) is 22.1 Å². The van der Waals surface area contributed by atoms with Crippen LogP contribution in [0.1, 0.15) is 15.2 Å². The van der Waals surface area contributed by atoms with Crippen LogP contribution in [-0.2, 0) is 4.79 Å². The first-order chi connectivity index (χ1) is 19.1. The largest absolute Gasteiger partial charge is 0.446 e. The Hall–Kier alpha value is -4.66. The predicted molar refractivity (Wildman–Crippen MR) is 152 cm³/mol. The molecule has 0 unspecified atom stereocenters. The summed E-state index contributed by atoms with van der Waals surface area (Å²) in [5, 5.41) is 5.19. The molecule has 0 bridgehead atoms. The second kappa shape index (κ2) is 12.3. The number of hydrazone groups is 1. The van der Waals surface area contributed by atoms with Crippen molar-refractivity contribution in [2.75, 3.05) is 0 Å². The van der Waals surface area contributed by atoms with Crippen LogP contribution >= 0.6 is 22.9 Å². The van der Waals surface area contributed by atoms with Gasteiger partial charge in [0.2, 0.25) is 0 Å². The molecule has 0 aliphatic rings. The Labute approximate surface area is 233 Å². The number of carbonyl (C=O) groups excluding carboxylic acids is 2. The number of thiophene rings is 1. The SMILES string of the molecule is O=C(Oc1cccc(C=NNC(=O)C(Oc2ccccc2)Oc2ccccc2)c1)c1sc2ccccc2c1Cl. The van der Waals surface area contributed by atoms with Gasteiger partial charge in [0.15, 0.2) is 0 Å². The number of nitrogens with one attached hydrogen (secondary N) is 1. The summed E-state index contributed by atoms with van der Waals surface area (Å²) in [4.78, 5) is 26.0. The molecule has 1 amide bonds. The molecule has 5 rings (SSSR count). The molecule has 9 heteroatoms. The molecule has 0 aliphatic heterocycles. The number of para-hydroxylation sites is 2. The highest BCUT2D eigenvalue weighted by atomic mass is 35.5. The van der Waals surface area contributed by atoms with Crippen molar-refractivity contribution in [3.63, 3.8) is 0 Å². The minimum absolute atomic E-state index is 0.307. The molecule has 39 heavy (non-hydrogen) atoms. The summed E-state index contributed by atoms with van der Waals surface area (Å²) in [6.07, 6.45) is 0.134. The van der Waals surface area contributed by atoms with Crippen molar-refractivity contribution in [2.24, 2.45) is 5.10 Å². The second-order valence-corrected chi connectivity index (χ2v) is 9.56. The van der Waals surface area contributed by atoms with E-state index in [2.05, 4.69) is 10.5 Å².